The molecule has 0 saturated heterocycles. The number of rotatable bonds is 3. The second-order valence-corrected chi connectivity index (χ2v) is 5.54. The van der Waals surface area contributed by atoms with Crippen LogP contribution in [-0.4, -0.2) is 11.9 Å². The predicted octanol–water partition coefficient (Wildman–Crippen LogP) is 3.95. The first-order valence-electron chi connectivity index (χ1n) is 7.01. The van der Waals surface area contributed by atoms with Crippen LogP contribution in [0.4, 0.5) is 13.2 Å². The smallest absolute Gasteiger partial charge is 0.417 e. The highest BCUT2D eigenvalue weighted by atomic mass is 19.4. The summed E-state index contributed by atoms with van der Waals surface area (Å²) in [5.41, 5.74) is 3.98. The molecule has 2 rings (SSSR count). The lowest BCUT2D eigenvalue weighted by Crippen LogP contribution is -2.28. The normalized spacial score (nSPS) is 22.9. The zero-order valence-electron chi connectivity index (χ0n) is 11.8. The van der Waals surface area contributed by atoms with Crippen molar-refractivity contribution in [3.63, 3.8) is 0 Å². The minimum atomic E-state index is -4.56. The average Bonchev–Trinajstić information content (AvgIpc) is 2.40. The second-order valence-electron chi connectivity index (χ2n) is 5.54. The molecule has 116 valence electrons. The molecule has 0 spiro atoms. The molecule has 1 aromatic carbocycles. The number of nitrogen functional groups attached to an aromatic ring is 1. The molecule has 0 bridgehead atoms. The Bertz CT molecular complexity index is 528. The summed E-state index contributed by atoms with van der Waals surface area (Å²) in [5, 5.41) is 7.25. The van der Waals surface area contributed by atoms with Crippen molar-refractivity contribution in [2.75, 3.05) is 0 Å². The lowest BCUT2D eigenvalue weighted by molar-refractivity contribution is -0.137. The number of amidine groups is 1. The van der Waals surface area contributed by atoms with Crippen LogP contribution in [0.3, 0.4) is 0 Å². The third kappa shape index (κ3) is 3.68. The number of hydrogen-bond acceptors (Lipinski definition) is 2. The van der Waals surface area contributed by atoms with Crippen LogP contribution in [0.5, 0.6) is 5.75 Å². The van der Waals surface area contributed by atoms with Crippen molar-refractivity contribution in [2.24, 2.45) is 11.7 Å². The van der Waals surface area contributed by atoms with Gasteiger partial charge in [-0.3, -0.25) is 5.41 Å². The van der Waals surface area contributed by atoms with Crippen LogP contribution < -0.4 is 10.5 Å². The van der Waals surface area contributed by atoms with E-state index >= 15 is 0 Å². The molecule has 1 saturated carbocycles. The van der Waals surface area contributed by atoms with Gasteiger partial charge in [-0.2, -0.15) is 13.2 Å². The third-order valence-electron chi connectivity index (χ3n) is 3.91. The van der Waals surface area contributed by atoms with Gasteiger partial charge in [-0.15, -0.1) is 0 Å². The van der Waals surface area contributed by atoms with E-state index in [1.54, 1.807) is 0 Å². The van der Waals surface area contributed by atoms with Gasteiger partial charge in [-0.1, -0.05) is 13.3 Å². The summed E-state index contributed by atoms with van der Waals surface area (Å²) >= 11 is 0. The van der Waals surface area contributed by atoms with E-state index in [2.05, 4.69) is 6.92 Å². The SMILES string of the molecule is CC1CCCCC1Oc1ccc(C(=N)N)c(C(F)(F)F)c1. The molecular formula is C15H19F3N2O. The summed E-state index contributed by atoms with van der Waals surface area (Å²) in [5.74, 6) is -0.0773. The standard InChI is InChI=1S/C15H19F3N2O/c1-9-4-2-3-5-13(9)21-10-6-7-11(14(19)20)12(8-10)15(16,17)18/h6-9,13H,2-5H2,1H3,(H3,19,20). The van der Waals surface area contributed by atoms with Crippen molar-refractivity contribution in [2.45, 2.75) is 44.9 Å². The summed E-state index contributed by atoms with van der Waals surface area (Å²) in [6.07, 6.45) is -0.550. The zero-order chi connectivity index (χ0) is 15.6. The Labute approximate surface area is 121 Å². The topological polar surface area (TPSA) is 59.1 Å². The van der Waals surface area contributed by atoms with Gasteiger partial charge in [0.1, 0.15) is 17.7 Å². The molecule has 0 aliphatic heterocycles. The minimum Gasteiger partial charge on any atom is -0.490 e. The highest BCUT2D eigenvalue weighted by Crippen LogP contribution is 2.35. The number of halogens is 3. The molecule has 2 unspecified atom stereocenters. The van der Waals surface area contributed by atoms with E-state index in [0.29, 0.717) is 5.92 Å². The van der Waals surface area contributed by atoms with Crippen LogP contribution in [0, 0.1) is 11.3 Å². The van der Waals surface area contributed by atoms with Gasteiger partial charge >= 0.3 is 6.18 Å². The number of ether oxygens (including phenoxy) is 1. The van der Waals surface area contributed by atoms with E-state index in [0.717, 1.165) is 31.7 Å². The van der Waals surface area contributed by atoms with Crippen molar-refractivity contribution in [1.29, 1.82) is 5.41 Å². The van der Waals surface area contributed by atoms with Crippen LogP contribution in [0.2, 0.25) is 0 Å². The number of nitrogens with two attached hydrogens (primary N) is 1. The quantitative estimate of drug-likeness (QED) is 0.656. The lowest BCUT2D eigenvalue weighted by atomic mass is 9.88. The molecule has 0 amide bonds. The van der Waals surface area contributed by atoms with Gasteiger partial charge in [-0.05, 0) is 43.4 Å². The Hall–Kier alpha value is -1.72. The van der Waals surface area contributed by atoms with Crippen molar-refractivity contribution in [1.82, 2.24) is 0 Å². The van der Waals surface area contributed by atoms with Crippen molar-refractivity contribution >= 4 is 5.84 Å². The summed E-state index contributed by atoms with van der Waals surface area (Å²) in [6.45, 7) is 2.05. The Kier molecular flexibility index (Phi) is 4.44. The molecular weight excluding hydrogens is 281 g/mol. The number of hydrogen-bond donors (Lipinski definition) is 2. The molecule has 0 aromatic heterocycles. The van der Waals surface area contributed by atoms with Gasteiger partial charge < -0.3 is 10.5 Å². The van der Waals surface area contributed by atoms with Gasteiger partial charge in [0, 0.05) is 5.56 Å². The highest BCUT2D eigenvalue weighted by molar-refractivity contribution is 5.96. The van der Waals surface area contributed by atoms with Crippen LogP contribution in [0.25, 0.3) is 0 Å². The maximum atomic E-state index is 13.0. The third-order valence-corrected chi connectivity index (χ3v) is 3.91. The summed E-state index contributed by atoms with van der Waals surface area (Å²) in [7, 11) is 0. The van der Waals surface area contributed by atoms with Crippen molar-refractivity contribution in [3.8, 4) is 5.75 Å². The maximum absolute atomic E-state index is 13.0. The molecule has 1 aliphatic rings. The Morgan fingerprint density at radius 1 is 1.29 bits per heavy atom. The molecule has 1 aromatic rings. The molecule has 3 N–H and O–H groups in total. The van der Waals surface area contributed by atoms with E-state index in [-0.39, 0.29) is 17.4 Å². The monoisotopic (exact) mass is 300 g/mol. The van der Waals surface area contributed by atoms with E-state index < -0.39 is 17.6 Å². The molecule has 21 heavy (non-hydrogen) atoms. The van der Waals surface area contributed by atoms with Gasteiger partial charge in [0.05, 0.1) is 5.56 Å². The largest absolute Gasteiger partial charge is 0.490 e. The molecule has 0 heterocycles. The minimum absolute atomic E-state index is 0.0528. The van der Waals surface area contributed by atoms with Crippen LogP contribution in [0.1, 0.15) is 43.7 Å². The van der Waals surface area contributed by atoms with Gasteiger partial charge in [-0.25, -0.2) is 0 Å². The van der Waals surface area contributed by atoms with Crippen LogP contribution in [0.15, 0.2) is 18.2 Å². The fourth-order valence-electron chi connectivity index (χ4n) is 2.70. The predicted molar refractivity (Wildman–Crippen MR) is 74.5 cm³/mol. The van der Waals surface area contributed by atoms with E-state index in [1.165, 1.54) is 12.1 Å². The molecule has 2 atom stereocenters. The molecule has 3 nitrogen and oxygen atoms in total. The molecule has 6 heteroatoms. The van der Waals surface area contributed by atoms with Crippen molar-refractivity contribution < 1.29 is 17.9 Å². The molecule has 1 aliphatic carbocycles. The van der Waals surface area contributed by atoms with Crippen molar-refractivity contribution in [3.05, 3.63) is 29.3 Å². The first kappa shape index (κ1) is 15.7. The summed E-state index contributed by atoms with van der Waals surface area (Å²) in [4.78, 5) is 0. The van der Waals surface area contributed by atoms with Gasteiger partial charge in [0.2, 0.25) is 0 Å². The van der Waals surface area contributed by atoms with Gasteiger partial charge in [0.15, 0.2) is 0 Å². The first-order chi connectivity index (χ1) is 9.79. The highest BCUT2D eigenvalue weighted by Gasteiger charge is 2.35. The van der Waals surface area contributed by atoms with E-state index in [1.807, 2.05) is 0 Å². The molecule has 0 radical (unpaired) electrons. The number of benzene rings is 1. The Balaban J connectivity index is 2.27. The number of alkyl halides is 3. The fraction of sp³-hybridized carbons (Fsp3) is 0.533. The number of nitrogens with one attached hydrogen (secondary N) is 1. The summed E-state index contributed by atoms with van der Waals surface area (Å²) in [6, 6.07) is 3.60. The average molecular weight is 300 g/mol. The molecule has 1 fully saturated rings. The van der Waals surface area contributed by atoms with Crippen LogP contribution in [-0.2, 0) is 6.18 Å². The lowest BCUT2D eigenvalue weighted by Gasteiger charge is -2.29. The first-order valence-corrected chi connectivity index (χ1v) is 7.01. The zero-order valence-corrected chi connectivity index (χ0v) is 11.8. The van der Waals surface area contributed by atoms with Crippen LogP contribution >= 0.6 is 0 Å². The summed E-state index contributed by atoms with van der Waals surface area (Å²) < 4.78 is 44.8. The van der Waals surface area contributed by atoms with Gasteiger partial charge in [0.25, 0.3) is 0 Å². The maximum Gasteiger partial charge on any atom is 0.417 e. The van der Waals surface area contributed by atoms with E-state index in [9.17, 15) is 13.2 Å². The Morgan fingerprint density at radius 2 is 1.95 bits per heavy atom. The fourth-order valence-corrected chi connectivity index (χ4v) is 2.70. The van der Waals surface area contributed by atoms with E-state index in [4.69, 9.17) is 15.9 Å². The Morgan fingerprint density at radius 3 is 2.52 bits per heavy atom. The second kappa shape index (κ2) is 5.95.